The first-order valence-corrected chi connectivity index (χ1v) is 10.7. The molecule has 0 N–H and O–H groups in total. The Morgan fingerprint density at radius 2 is 0.967 bits per heavy atom. The van der Waals surface area contributed by atoms with Crippen LogP contribution in [0.3, 0.4) is 0 Å². The lowest BCUT2D eigenvalue weighted by Crippen LogP contribution is -1.90. The Morgan fingerprint density at radius 1 is 0.433 bits per heavy atom. The number of aryl methyl sites for hydroxylation is 1. The summed E-state index contributed by atoms with van der Waals surface area (Å²) in [6.45, 7) is 2.24. The van der Waals surface area contributed by atoms with Crippen molar-refractivity contribution in [1.82, 2.24) is 0 Å². The summed E-state index contributed by atoms with van der Waals surface area (Å²) in [5.74, 6) is 0. The van der Waals surface area contributed by atoms with Gasteiger partial charge in [0.25, 0.3) is 0 Å². The zero-order chi connectivity index (χ0) is 19.8. The van der Waals surface area contributed by atoms with Crippen LogP contribution in [0.2, 0.25) is 0 Å². The zero-order valence-electron chi connectivity index (χ0n) is 16.9. The molecule has 0 unspecified atom stereocenters. The molecule has 140 valence electrons. The maximum absolute atomic E-state index is 2.34. The van der Waals surface area contributed by atoms with Crippen molar-refractivity contribution in [1.29, 1.82) is 0 Å². The van der Waals surface area contributed by atoms with Crippen LogP contribution >= 0.6 is 0 Å². The highest BCUT2D eigenvalue weighted by atomic mass is 14.3. The first kappa shape index (κ1) is 16.2. The van der Waals surface area contributed by atoms with Gasteiger partial charge in [0.15, 0.2) is 0 Å². The lowest BCUT2D eigenvalue weighted by molar-refractivity contribution is 1.22. The Balaban J connectivity index is 1.52. The second kappa shape index (κ2) is 5.70. The normalized spacial score (nSPS) is 12.7. The van der Waals surface area contributed by atoms with Crippen molar-refractivity contribution in [3.05, 3.63) is 108 Å². The first-order valence-electron chi connectivity index (χ1n) is 10.7. The van der Waals surface area contributed by atoms with Crippen LogP contribution in [0.4, 0.5) is 0 Å². The minimum Gasteiger partial charge on any atom is -0.0616 e. The summed E-state index contributed by atoms with van der Waals surface area (Å²) < 4.78 is 0. The van der Waals surface area contributed by atoms with Gasteiger partial charge >= 0.3 is 0 Å². The third kappa shape index (κ3) is 1.96. The second-order valence-electron chi connectivity index (χ2n) is 8.54. The standard InChI is InChI=1S/C30H20/c1-18-7-4-10-21-22-11-5-12-23(29(22)17-28(18)21)24-15-16-27-20-9-3-2-8-19(20)25-13-6-14-26(24)30(25)27/h2-16H,17H2,1H3. The fourth-order valence-corrected chi connectivity index (χ4v) is 5.69. The summed E-state index contributed by atoms with van der Waals surface area (Å²) in [6.07, 6.45) is 1.02. The van der Waals surface area contributed by atoms with Crippen molar-refractivity contribution in [2.24, 2.45) is 0 Å². The second-order valence-corrected chi connectivity index (χ2v) is 8.54. The van der Waals surface area contributed by atoms with E-state index in [1.165, 1.54) is 72.0 Å². The highest BCUT2D eigenvalue weighted by Crippen LogP contribution is 2.50. The monoisotopic (exact) mass is 380 g/mol. The fraction of sp³-hybridized carbons (Fsp3) is 0.0667. The van der Waals surface area contributed by atoms with Crippen LogP contribution in [0.1, 0.15) is 16.7 Å². The van der Waals surface area contributed by atoms with Gasteiger partial charge in [-0.3, -0.25) is 0 Å². The molecule has 0 fully saturated rings. The molecule has 0 spiro atoms. The van der Waals surface area contributed by atoms with E-state index in [9.17, 15) is 0 Å². The molecule has 30 heavy (non-hydrogen) atoms. The average Bonchev–Trinajstić information content (AvgIpc) is 3.33. The number of fused-ring (bicyclic) bond motifs is 6. The van der Waals surface area contributed by atoms with Crippen LogP contribution in [0.25, 0.3) is 55.3 Å². The van der Waals surface area contributed by atoms with Crippen molar-refractivity contribution in [2.45, 2.75) is 13.3 Å². The van der Waals surface area contributed by atoms with Gasteiger partial charge in [0, 0.05) is 0 Å². The molecule has 7 rings (SSSR count). The topological polar surface area (TPSA) is 0 Å². The van der Waals surface area contributed by atoms with E-state index in [1.807, 2.05) is 0 Å². The molecule has 0 nitrogen and oxygen atoms in total. The maximum atomic E-state index is 2.34. The molecule has 0 heterocycles. The smallest absolute Gasteiger partial charge is 0.000465 e. The molecule has 0 aliphatic heterocycles. The maximum Gasteiger partial charge on any atom is -0.000465 e. The molecule has 0 heteroatoms. The minimum absolute atomic E-state index is 1.02. The van der Waals surface area contributed by atoms with E-state index in [1.54, 1.807) is 0 Å². The van der Waals surface area contributed by atoms with Gasteiger partial charge in [-0.25, -0.2) is 0 Å². The molecule has 2 aliphatic carbocycles. The Kier molecular flexibility index (Phi) is 3.08. The van der Waals surface area contributed by atoms with Gasteiger partial charge in [-0.2, -0.15) is 0 Å². The molecule has 0 bridgehead atoms. The third-order valence-corrected chi connectivity index (χ3v) is 7.07. The molecule has 5 aromatic rings. The van der Waals surface area contributed by atoms with Crippen LogP contribution < -0.4 is 0 Å². The van der Waals surface area contributed by atoms with E-state index in [4.69, 9.17) is 0 Å². The van der Waals surface area contributed by atoms with Crippen molar-refractivity contribution in [3.63, 3.8) is 0 Å². The predicted molar refractivity (Wildman–Crippen MR) is 127 cm³/mol. The molecule has 0 radical (unpaired) electrons. The Hall–Kier alpha value is -3.64. The van der Waals surface area contributed by atoms with Gasteiger partial charge < -0.3 is 0 Å². The van der Waals surface area contributed by atoms with E-state index in [2.05, 4.69) is 97.9 Å². The molecule has 0 atom stereocenters. The van der Waals surface area contributed by atoms with E-state index >= 15 is 0 Å². The molecule has 2 aliphatic rings. The minimum atomic E-state index is 1.02. The molecule has 0 saturated carbocycles. The predicted octanol–water partition coefficient (Wildman–Crippen LogP) is 8.03. The number of hydrogen-bond donors (Lipinski definition) is 0. The quantitative estimate of drug-likeness (QED) is 0.270. The van der Waals surface area contributed by atoms with Crippen molar-refractivity contribution < 1.29 is 0 Å². The average molecular weight is 380 g/mol. The van der Waals surface area contributed by atoms with Gasteiger partial charge in [-0.1, -0.05) is 91.0 Å². The van der Waals surface area contributed by atoms with Gasteiger partial charge in [0.2, 0.25) is 0 Å². The van der Waals surface area contributed by atoms with Crippen molar-refractivity contribution >= 4 is 10.8 Å². The molecular weight excluding hydrogens is 360 g/mol. The van der Waals surface area contributed by atoms with E-state index in [-0.39, 0.29) is 0 Å². The summed E-state index contributed by atoms with van der Waals surface area (Å²) in [5, 5.41) is 2.77. The Labute approximate surface area is 176 Å². The number of rotatable bonds is 1. The van der Waals surface area contributed by atoms with Crippen molar-refractivity contribution in [2.75, 3.05) is 0 Å². The van der Waals surface area contributed by atoms with Gasteiger partial charge in [0.1, 0.15) is 0 Å². The van der Waals surface area contributed by atoms with Crippen LogP contribution in [0, 0.1) is 6.92 Å². The van der Waals surface area contributed by atoms with Gasteiger partial charge in [-0.15, -0.1) is 0 Å². The number of benzene rings is 5. The SMILES string of the molecule is Cc1cccc2c1Cc1c-2cccc1-c1ccc2c3c(cccc13)-c1ccccc1-2. The highest BCUT2D eigenvalue weighted by molar-refractivity contribution is 6.18. The lowest BCUT2D eigenvalue weighted by atomic mass is 9.90. The van der Waals surface area contributed by atoms with Gasteiger partial charge in [-0.05, 0) is 85.3 Å². The van der Waals surface area contributed by atoms with E-state index in [0.717, 1.165) is 6.42 Å². The van der Waals surface area contributed by atoms with Crippen molar-refractivity contribution in [3.8, 4) is 44.5 Å². The van der Waals surface area contributed by atoms with Crippen LogP contribution in [0.15, 0.2) is 91.0 Å². The fourth-order valence-electron chi connectivity index (χ4n) is 5.69. The largest absolute Gasteiger partial charge is 0.0616 e. The molecule has 0 saturated heterocycles. The summed E-state index contributed by atoms with van der Waals surface area (Å²) in [6, 6.07) is 33.8. The Morgan fingerprint density at radius 3 is 1.77 bits per heavy atom. The van der Waals surface area contributed by atoms with Crippen LogP contribution in [0.5, 0.6) is 0 Å². The lowest BCUT2D eigenvalue weighted by Gasteiger charge is -2.13. The van der Waals surface area contributed by atoms with Gasteiger partial charge in [0.05, 0.1) is 0 Å². The highest BCUT2D eigenvalue weighted by Gasteiger charge is 2.26. The van der Waals surface area contributed by atoms with Crippen LogP contribution in [-0.4, -0.2) is 0 Å². The molecule has 5 aromatic carbocycles. The summed E-state index contributed by atoms with van der Waals surface area (Å²) in [5.41, 5.74) is 15.3. The summed E-state index contributed by atoms with van der Waals surface area (Å²) in [7, 11) is 0. The Bertz CT molecular complexity index is 1490. The number of hydrogen-bond acceptors (Lipinski definition) is 0. The summed E-state index contributed by atoms with van der Waals surface area (Å²) in [4.78, 5) is 0. The molecule has 0 aromatic heterocycles. The first-order chi connectivity index (χ1) is 14.8. The van der Waals surface area contributed by atoms with E-state index in [0.29, 0.717) is 0 Å². The van der Waals surface area contributed by atoms with Crippen LogP contribution in [-0.2, 0) is 6.42 Å². The summed E-state index contributed by atoms with van der Waals surface area (Å²) >= 11 is 0. The molecule has 0 amide bonds. The molecular formula is C30H20. The van der Waals surface area contributed by atoms with E-state index < -0.39 is 0 Å². The zero-order valence-corrected chi connectivity index (χ0v) is 16.9. The third-order valence-electron chi connectivity index (χ3n) is 7.07.